The zero-order valence-corrected chi connectivity index (χ0v) is 11.4. The van der Waals surface area contributed by atoms with E-state index in [0.717, 1.165) is 12.2 Å². The van der Waals surface area contributed by atoms with Gasteiger partial charge in [0.2, 0.25) is 0 Å². The van der Waals surface area contributed by atoms with Gasteiger partial charge in [-0.05, 0) is 25.5 Å². The first-order valence-electron chi connectivity index (χ1n) is 6.73. The third-order valence-electron chi connectivity index (χ3n) is 3.57. The molecule has 0 radical (unpaired) electrons. The Morgan fingerprint density at radius 1 is 0.842 bits per heavy atom. The van der Waals surface area contributed by atoms with Crippen LogP contribution in [0.1, 0.15) is 34.8 Å². The number of hydrogen-bond acceptors (Lipinski definition) is 1. The van der Waals surface area contributed by atoms with Crippen molar-refractivity contribution in [2.45, 2.75) is 26.4 Å². The van der Waals surface area contributed by atoms with Gasteiger partial charge in [0.15, 0.2) is 0 Å². The van der Waals surface area contributed by atoms with E-state index in [1.54, 1.807) is 0 Å². The SMILES string of the molecule is Cc1ccc(C2=CC[C@H](c3ccc(C)cc3)O2)cc1. The summed E-state index contributed by atoms with van der Waals surface area (Å²) in [5.41, 5.74) is 4.98. The second kappa shape index (κ2) is 4.93. The molecule has 0 saturated carbocycles. The molecule has 0 N–H and O–H groups in total. The predicted molar refractivity (Wildman–Crippen MR) is 78.8 cm³/mol. The summed E-state index contributed by atoms with van der Waals surface area (Å²) in [5.74, 6) is 1.01. The lowest BCUT2D eigenvalue weighted by atomic mass is 10.1. The molecule has 0 bridgehead atoms. The van der Waals surface area contributed by atoms with Crippen LogP contribution in [0.3, 0.4) is 0 Å². The summed E-state index contributed by atoms with van der Waals surface area (Å²) in [6, 6.07) is 17.1. The Kier molecular flexibility index (Phi) is 3.12. The number of benzene rings is 2. The molecule has 3 rings (SSSR count). The molecule has 0 spiro atoms. The lowest BCUT2D eigenvalue weighted by Gasteiger charge is -2.14. The van der Waals surface area contributed by atoms with Gasteiger partial charge in [-0.3, -0.25) is 0 Å². The van der Waals surface area contributed by atoms with E-state index < -0.39 is 0 Å². The maximum Gasteiger partial charge on any atom is 0.127 e. The highest BCUT2D eigenvalue weighted by Crippen LogP contribution is 2.35. The monoisotopic (exact) mass is 250 g/mol. The average Bonchev–Trinajstić information content (AvgIpc) is 2.90. The van der Waals surface area contributed by atoms with Crippen molar-refractivity contribution in [3.8, 4) is 0 Å². The molecule has 0 saturated heterocycles. The highest BCUT2D eigenvalue weighted by molar-refractivity contribution is 5.62. The van der Waals surface area contributed by atoms with Gasteiger partial charge >= 0.3 is 0 Å². The maximum absolute atomic E-state index is 6.07. The van der Waals surface area contributed by atoms with Gasteiger partial charge in [0.25, 0.3) is 0 Å². The quantitative estimate of drug-likeness (QED) is 0.743. The Hall–Kier alpha value is -2.02. The largest absolute Gasteiger partial charge is 0.485 e. The Morgan fingerprint density at radius 3 is 2.05 bits per heavy atom. The minimum Gasteiger partial charge on any atom is -0.485 e. The molecule has 0 aromatic heterocycles. The predicted octanol–water partition coefficient (Wildman–Crippen LogP) is 4.81. The van der Waals surface area contributed by atoms with E-state index in [2.05, 4.69) is 68.5 Å². The molecule has 0 unspecified atom stereocenters. The van der Waals surface area contributed by atoms with Crippen molar-refractivity contribution < 1.29 is 4.74 Å². The highest BCUT2D eigenvalue weighted by atomic mass is 16.5. The first-order chi connectivity index (χ1) is 9.22. The van der Waals surface area contributed by atoms with E-state index in [1.807, 2.05) is 0 Å². The van der Waals surface area contributed by atoms with Gasteiger partial charge in [0, 0.05) is 12.0 Å². The summed E-state index contributed by atoms with van der Waals surface area (Å²) in [6.45, 7) is 4.21. The molecule has 96 valence electrons. The summed E-state index contributed by atoms with van der Waals surface area (Å²) >= 11 is 0. The molecule has 0 aliphatic carbocycles. The van der Waals surface area contributed by atoms with E-state index in [4.69, 9.17) is 4.74 Å². The van der Waals surface area contributed by atoms with Crippen LogP contribution in [0.4, 0.5) is 0 Å². The minimum atomic E-state index is 0.164. The zero-order valence-electron chi connectivity index (χ0n) is 11.4. The second-order valence-corrected chi connectivity index (χ2v) is 5.19. The third kappa shape index (κ3) is 2.55. The van der Waals surface area contributed by atoms with Crippen LogP contribution in [0.5, 0.6) is 0 Å². The molecule has 1 heteroatoms. The number of hydrogen-bond donors (Lipinski definition) is 0. The standard InChI is InChI=1S/C18H18O/c1-13-3-7-15(8-4-13)17-11-12-18(19-17)16-9-5-14(2)6-10-16/h3-11,18H,12H2,1-2H3/t18-/m1/s1. The Balaban J connectivity index is 1.76. The molecule has 0 amide bonds. The minimum absolute atomic E-state index is 0.164. The Labute approximate surface area is 114 Å². The van der Waals surface area contributed by atoms with Gasteiger partial charge < -0.3 is 4.74 Å². The lowest BCUT2D eigenvalue weighted by Crippen LogP contribution is -1.97. The van der Waals surface area contributed by atoms with E-state index in [-0.39, 0.29) is 6.10 Å². The normalized spacial score (nSPS) is 18.0. The molecule has 2 aromatic carbocycles. The summed E-state index contributed by atoms with van der Waals surface area (Å²) in [5, 5.41) is 0. The van der Waals surface area contributed by atoms with Crippen LogP contribution in [0.2, 0.25) is 0 Å². The van der Waals surface area contributed by atoms with Crippen molar-refractivity contribution in [1.29, 1.82) is 0 Å². The van der Waals surface area contributed by atoms with E-state index >= 15 is 0 Å². The molecule has 19 heavy (non-hydrogen) atoms. The fraction of sp³-hybridized carbons (Fsp3) is 0.222. The van der Waals surface area contributed by atoms with Gasteiger partial charge in [-0.1, -0.05) is 59.7 Å². The van der Waals surface area contributed by atoms with Gasteiger partial charge in [-0.2, -0.15) is 0 Å². The summed E-state index contributed by atoms with van der Waals surface area (Å²) in [7, 11) is 0. The molecular formula is C18H18O. The molecule has 1 aliphatic heterocycles. The molecule has 0 fully saturated rings. The van der Waals surface area contributed by atoms with Crippen LogP contribution in [0.25, 0.3) is 5.76 Å². The molecule has 1 aliphatic rings. The highest BCUT2D eigenvalue weighted by Gasteiger charge is 2.20. The fourth-order valence-electron chi connectivity index (χ4n) is 2.35. The third-order valence-corrected chi connectivity index (χ3v) is 3.57. The van der Waals surface area contributed by atoms with E-state index in [0.29, 0.717) is 0 Å². The number of rotatable bonds is 2. The smallest absolute Gasteiger partial charge is 0.127 e. The molecule has 2 aromatic rings. The van der Waals surface area contributed by atoms with Crippen molar-refractivity contribution in [2.24, 2.45) is 0 Å². The van der Waals surface area contributed by atoms with E-state index in [9.17, 15) is 0 Å². The van der Waals surface area contributed by atoms with Crippen LogP contribution in [0, 0.1) is 13.8 Å². The van der Waals surface area contributed by atoms with Crippen molar-refractivity contribution in [1.82, 2.24) is 0 Å². The fourth-order valence-corrected chi connectivity index (χ4v) is 2.35. The summed E-state index contributed by atoms with van der Waals surface area (Å²) in [4.78, 5) is 0. The maximum atomic E-state index is 6.07. The van der Waals surface area contributed by atoms with Gasteiger partial charge in [0.1, 0.15) is 11.9 Å². The zero-order chi connectivity index (χ0) is 13.2. The number of aryl methyl sites for hydroxylation is 2. The first kappa shape index (κ1) is 12.0. The van der Waals surface area contributed by atoms with Crippen molar-refractivity contribution in [3.05, 3.63) is 76.9 Å². The van der Waals surface area contributed by atoms with Gasteiger partial charge in [0.05, 0.1) is 0 Å². The van der Waals surface area contributed by atoms with Gasteiger partial charge in [-0.15, -0.1) is 0 Å². The van der Waals surface area contributed by atoms with Crippen molar-refractivity contribution >= 4 is 5.76 Å². The summed E-state index contributed by atoms with van der Waals surface area (Å²) < 4.78 is 6.07. The van der Waals surface area contributed by atoms with Crippen LogP contribution < -0.4 is 0 Å². The van der Waals surface area contributed by atoms with E-state index in [1.165, 1.54) is 22.3 Å². The molecule has 1 atom stereocenters. The lowest BCUT2D eigenvalue weighted by molar-refractivity contribution is 0.194. The van der Waals surface area contributed by atoms with Gasteiger partial charge in [-0.25, -0.2) is 0 Å². The first-order valence-corrected chi connectivity index (χ1v) is 6.73. The molecular weight excluding hydrogens is 232 g/mol. The number of ether oxygens (including phenoxy) is 1. The molecule has 1 heterocycles. The van der Waals surface area contributed by atoms with Crippen LogP contribution in [-0.4, -0.2) is 0 Å². The molecule has 1 nitrogen and oxygen atoms in total. The Bertz CT molecular complexity index is 591. The van der Waals surface area contributed by atoms with Crippen LogP contribution >= 0.6 is 0 Å². The summed E-state index contributed by atoms with van der Waals surface area (Å²) in [6.07, 6.45) is 3.30. The second-order valence-electron chi connectivity index (χ2n) is 5.19. The van der Waals surface area contributed by atoms with Crippen molar-refractivity contribution in [3.63, 3.8) is 0 Å². The average molecular weight is 250 g/mol. The topological polar surface area (TPSA) is 9.23 Å². The van der Waals surface area contributed by atoms with Crippen molar-refractivity contribution in [2.75, 3.05) is 0 Å². The van der Waals surface area contributed by atoms with Crippen LogP contribution in [0.15, 0.2) is 54.6 Å². The van der Waals surface area contributed by atoms with Crippen LogP contribution in [-0.2, 0) is 4.74 Å². The Morgan fingerprint density at radius 2 is 1.42 bits per heavy atom.